The molecular weight excluding hydrogens is 492 g/mol. The van der Waals surface area contributed by atoms with E-state index in [9.17, 15) is 0 Å². The Labute approximate surface area is 250 Å². The molecule has 0 heteroatoms. The Morgan fingerprint density at radius 3 is 1.56 bits per heavy atom. The van der Waals surface area contributed by atoms with Crippen molar-refractivity contribution in [2.45, 2.75) is 95.9 Å². The Balaban J connectivity index is 2.53. The average molecular weight is 545 g/mol. The molecular formula is C41H52. The van der Waals surface area contributed by atoms with Crippen LogP contribution in [0.25, 0.3) is 38.3 Å². The second-order valence-corrected chi connectivity index (χ2v) is 14.8. The topological polar surface area (TPSA) is 0 Å². The molecule has 0 aromatic heterocycles. The van der Waals surface area contributed by atoms with Crippen LogP contribution in [0.1, 0.15) is 117 Å². The highest BCUT2D eigenvalue weighted by atomic mass is 14.4. The van der Waals surface area contributed by atoms with Crippen LogP contribution in [0.3, 0.4) is 0 Å². The lowest BCUT2D eigenvalue weighted by Crippen LogP contribution is -2.21. The molecule has 0 saturated heterocycles. The first-order chi connectivity index (χ1) is 19.1. The van der Waals surface area contributed by atoms with Gasteiger partial charge in [-0.3, -0.25) is 0 Å². The highest BCUT2D eigenvalue weighted by Crippen LogP contribution is 2.54. The van der Waals surface area contributed by atoms with E-state index in [2.05, 4.69) is 163 Å². The second kappa shape index (κ2) is 10.9. The van der Waals surface area contributed by atoms with Crippen LogP contribution in [0.5, 0.6) is 0 Å². The predicted molar refractivity (Wildman–Crippen MR) is 187 cm³/mol. The molecule has 0 fully saturated rings. The van der Waals surface area contributed by atoms with Crippen molar-refractivity contribution in [3.05, 3.63) is 101 Å². The van der Waals surface area contributed by atoms with E-state index >= 15 is 0 Å². The minimum absolute atomic E-state index is 0.0313. The summed E-state index contributed by atoms with van der Waals surface area (Å²) >= 11 is 0. The molecule has 0 radical (unpaired) electrons. The minimum atomic E-state index is -0.0378. The van der Waals surface area contributed by atoms with E-state index in [1.54, 1.807) is 0 Å². The fourth-order valence-electron chi connectivity index (χ4n) is 7.24. The summed E-state index contributed by atoms with van der Waals surface area (Å²) in [5.74, 6) is 0.222. The molecule has 0 N–H and O–H groups in total. The first-order valence-corrected chi connectivity index (χ1v) is 15.5. The van der Waals surface area contributed by atoms with Crippen LogP contribution >= 0.6 is 0 Å². The number of hydrogen-bond acceptors (Lipinski definition) is 0. The maximum absolute atomic E-state index is 2.49. The Kier molecular flexibility index (Phi) is 8.23. The summed E-state index contributed by atoms with van der Waals surface area (Å²) in [6.07, 6.45) is 16.4. The summed E-state index contributed by atoms with van der Waals surface area (Å²) in [7, 11) is 0. The van der Waals surface area contributed by atoms with Crippen LogP contribution in [0, 0.1) is 23.2 Å². The van der Waals surface area contributed by atoms with E-state index in [0.29, 0.717) is 0 Å². The Bertz CT molecular complexity index is 1630. The van der Waals surface area contributed by atoms with Crippen LogP contribution in [0.2, 0.25) is 0 Å². The predicted octanol–water partition coefficient (Wildman–Crippen LogP) is 12.9. The van der Waals surface area contributed by atoms with Gasteiger partial charge in [0.25, 0.3) is 0 Å². The lowest BCUT2D eigenvalue weighted by Gasteiger charge is -2.38. The van der Waals surface area contributed by atoms with Crippen LogP contribution < -0.4 is 0 Å². The van der Waals surface area contributed by atoms with Gasteiger partial charge in [0, 0.05) is 5.92 Å². The molecule has 0 atom stereocenters. The first-order valence-electron chi connectivity index (χ1n) is 15.5. The van der Waals surface area contributed by atoms with E-state index in [4.69, 9.17) is 0 Å². The molecule has 0 spiro atoms. The minimum Gasteiger partial charge on any atom is -0.0833 e. The monoisotopic (exact) mass is 544 g/mol. The van der Waals surface area contributed by atoms with Gasteiger partial charge in [0.05, 0.1) is 0 Å². The Hall–Kier alpha value is -3.12. The smallest absolute Gasteiger partial charge is 0.0217 e. The van der Waals surface area contributed by atoms with Gasteiger partial charge in [-0.2, -0.15) is 0 Å². The Morgan fingerprint density at radius 1 is 0.610 bits per heavy atom. The molecule has 0 aliphatic heterocycles. The molecule has 216 valence electrons. The molecule has 0 nitrogen and oxygen atoms in total. The zero-order valence-corrected chi connectivity index (χ0v) is 28.0. The van der Waals surface area contributed by atoms with Gasteiger partial charge in [0.15, 0.2) is 0 Å². The van der Waals surface area contributed by atoms with Crippen molar-refractivity contribution in [3.63, 3.8) is 0 Å². The summed E-state index contributed by atoms with van der Waals surface area (Å²) in [6.45, 7) is 30.4. The standard InChI is InChI=1S/C41H52/c1-14-31(39(5,6)7)36-30-25-28-23-19-20-24-29(28)26(4)34(30)35(27-21-17-18-22-27)37(32(15-2)40(8,9)10)38(36)33(16-3)41(11,12)13/h14-25,27H,1-13H3. The lowest BCUT2D eigenvalue weighted by molar-refractivity contribution is 0.555. The maximum atomic E-state index is 2.49. The van der Waals surface area contributed by atoms with Gasteiger partial charge in [0.2, 0.25) is 0 Å². The second-order valence-electron chi connectivity index (χ2n) is 14.8. The van der Waals surface area contributed by atoms with E-state index in [0.717, 1.165) is 0 Å². The van der Waals surface area contributed by atoms with Gasteiger partial charge >= 0.3 is 0 Å². The zero-order chi connectivity index (χ0) is 30.5. The van der Waals surface area contributed by atoms with Gasteiger partial charge in [-0.25, -0.2) is 0 Å². The number of hydrogen-bond donors (Lipinski definition) is 0. The van der Waals surface area contributed by atoms with Gasteiger partial charge in [-0.1, -0.05) is 129 Å². The van der Waals surface area contributed by atoms with Crippen molar-refractivity contribution in [2.75, 3.05) is 0 Å². The van der Waals surface area contributed by atoms with Crippen LogP contribution in [0.4, 0.5) is 0 Å². The number of fused-ring (bicyclic) bond motifs is 2. The third-order valence-corrected chi connectivity index (χ3v) is 8.80. The molecule has 4 rings (SSSR count). The third-order valence-electron chi connectivity index (χ3n) is 8.80. The Morgan fingerprint density at radius 2 is 1.07 bits per heavy atom. The molecule has 0 heterocycles. The van der Waals surface area contributed by atoms with Gasteiger partial charge in [-0.15, -0.1) is 0 Å². The van der Waals surface area contributed by atoms with E-state index in [-0.39, 0.29) is 22.2 Å². The number of rotatable bonds is 4. The number of allylic oxidation sites excluding steroid dienone is 10. The molecule has 0 amide bonds. The normalized spacial score (nSPS) is 16.1. The third kappa shape index (κ3) is 5.43. The van der Waals surface area contributed by atoms with Gasteiger partial charge < -0.3 is 0 Å². The van der Waals surface area contributed by atoms with Crippen molar-refractivity contribution in [1.82, 2.24) is 0 Å². The lowest BCUT2D eigenvalue weighted by atomic mass is 9.66. The number of benzene rings is 3. The fraction of sp³-hybridized carbons (Fsp3) is 0.415. The molecule has 3 aromatic carbocycles. The van der Waals surface area contributed by atoms with Crippen molar-refractivity contribution >= 4 is 38.3 Å². The van der Waals surface area contributed by atoms with Crippen LogP contribution in [-0.4, -0.2) is 0 Å². The van der Waals surface area contributed by atoms with Gasteiger partial charge in [0.1, 0.15) is 0 Å². The highest BCUT2D eigenvalue weighted by Gasteiger charge is 2.36. The van der Waals surface area contributed by atoms with Crippen LogP contribution in [0.15, 0.2) is 72.9 Å². The quantitative estimate of drug-likeness (QED) is 0.287. The van der Waals surface area contributed by atoms with Gasteiger partial charge in [-0.05, 0) is 116 Å². The molecule has 3 aromatic rings. The SMILES string of the molecule is CC=C(c1c(C(=CC)C(C)(C)C)c(C2C=CC=C2)c2c(C)c3ccccc3cc2c1C(=CC)C(C)(C)C)C(C)(C)C. The molecule has 0 unspecified atom stereocenters. The molecule has 0 bridgehead atoms. The summed E-state index contributed by atoms with van der Waals surface area (Å²) in [6, 6.07) is 11.4. The average Bonchev–Trinajstić information content (AvgIpc) is 3.39. The maximum Gasteiger partial charge on any atom is 0.0217 e. The van der Waals surface area contributed by atoms with Crippen molar-refractivity contribution < 1.29 is 0 Å². The van der Waals surface area contributed by atoms with Crippen LogP contribution in [-0.2, 0) is 0 Å². The molecule has 1 aliphatic carbocycles. The highest BCUT2D eigenvalue weighted by molar-refractivity contribution is 6.13. The summed E-state index contributed by atoms with van der Waals surface area (Å²) in [5.41, 5.74) is 11.2. The van der Waals surface area contributed by atoms with E-state index < -0.39 is 0 Å². The zero-order valence-electron chi connectivity index (χ0n) is 28.0. The largest absolute Gasteiger partial charge is 0.0833 e. The van der Waals surface area contributed by atoms with Crippen molar-refractivity contribution in [2.24, 2.45) is 16.2 Å². The molecule has 0 saturated carbocycles. The molecule has 41 heavy (non-hydrogen) atoms. The summed E-state index contributed by atoms with van der Waals surface area (Å²) < 4.78 is 0. The van der Waals surface area contributed by atoms with Crippen molar-refractivity contribution in [3.8, 4) is 0 Å². The molecule has 1 aliphatic rings. The number of aryl methyl sites for hydroxylation is 1. The van der Waals surface area contributed by atoms with E-state index in [1.165, 1.54) is 66.1 Å². The summed E-state index contributed by atoms with van der Waals surface area (Å²) in [5, 5.41) is 5.44. The first kappa shape index (κ1) is 30.8. The van der Waals surface area contributed by atoms with Crippen molar-refractivity contribution in [1.29, 1.82) is 0 Å². The van der Waals surface area contributed by atoms with E-state index in [1.807, 2.05) is 0 Å². The summed E-state index contributed by atoms with van der Waals surface area (Å²) in [4.78, 5) is 0. The fourth-order valence-corrected chi connectivity index (χ4v) is 7.24.